The lowest BCUT2D eigenvalue weighted by molar-refractivity contribution is 0.0303. The summed E-state index contributed by atoms with van der Waals surface area (Å²) in [4.78, 5) is 20.0. The van der Waals surface area contributed by atoms with Crippen molar-refractivity contribution in [1.29, 1.82) is 0 Å². The van der Waals surface area contributed by atoms with Gasteiger partial charge >= 0.3 is 0 Å². The van der Waals surface area contributed by atoms with Crippen LogP contribution in [0.15, 0.2) is 61.2 Å². The van der Waals surface area contributed by atoms with Crippen molar-refractivity contribution in [3.63, 3.8) is 0 Å². The number of benzene rings is 2. The summed E-state index contributed by atoms with van der Waals surface area (Å²) < 4.78 is 9.63. The van der Waals surface area contributed by atoms with Crippen LogP contribution in [-0.4, -0.2) is 69.5 Å². The number of imidazole rings is 1. The van der Waals surface area contributed by atoms with Crippen LogP contribution in [0.3, 0.4) is 0 Å². The lowest BCUT2D eigenvalue weighted by Gasteiger charge is -2.26. The summed E-state index contributed by atoms with van der Waals surface area (Å²) in [6.45, 7) is 6.03. The van der Waals surface area contributed by atoms with E-state index in [4.69, 9.17) is 9.84 Å². The molecule has 0 spiro atoms. The first kappa shape index (κ1) is 22.9. The maximum Gasteiger partial charge on any atom is 0.257 e. The number of fused-ring (bicyclic) bond motifs is 1. The van der Waals surface area contributed by atoms with Gasteiger partial charge in [0, 0.05) is 31.4 Å². The van der Waals surface area contributed by atoms with Crippen molar-refractivity contribution < 1.29 is 9.53 Å². The first-order valence-electron chi connectivity index (χ1n) is 12.9. The second kappa shape index (κ2) is 10.2. The summed E-state index contributed by atoms with van der Waals surface area (Å²) in [5.41, 5.74) is 3.45. The molecule has 0 bridgehead atoms. The highest BCUT2D eigenvalue weighted by molar-refractivity contribution is 6.04. The van der Waals surface area contributed by atoms with Crippen LogP contribution in [0.4, 0.5) is 0 Å². The fourth-order valence-electron chi connectivity index (χ4n) is 5.38. The lowest BCUT2D eigenvalue weighted by Crippen LogP contribution is -2.40. The van der Waals surface area contributed by atoms with E-state index in [1.165, 1.54) is 12.8 Å². The molecule has 36 heavy (non-hydrogen) atoms. The van der Waals surface area contributed by atoms with Crippen LogP contribution >= 0.6 is 0 Å². The summed E-state index contributed by atoms with van der Waals surface area (Å²) in [7, 11) is 0. The van der Waals surface area contributed by atoms with E-state index in [2.05, 4.69) is 39.1 Å². The molecule has 2 fully saturated rings. The van der Waals surface area contributed by atoms with Crippen molar-refractivity contribution in [2.45, 2.75) is 25.9 Å². The Kier molecular flexibility index (Phi) is 6.53. The molecule has 4 aromatic rings. The maximum absolute atomic E-state index is 13.7. The molecule has 1 N–H and O–H groups in total. The average Bonchev–Trinajstić information content (AvgIpc) is 3.56. The molecular formula is C28H32N6O2. The van der Waals surface area contributed by atoms with Gasteiger partial charge in [0.05, 0.1) is 43.5 Å². The molecule has 2 aliphatic rings. The fourth-order valence-corrected chi connectivity index (χ4v) is 5.38. The molecule has 0 atom stereocenters. The van der Waals surface area contributed by atoms with E-state index in [0.29, 0.717) is 44.3 Å². The molecule has 2 aliphatic heterocycles. The van der Waals surface area contributed by atoms with E-state index < -0.39 is 0 Å². The zero-order valence-electron chi connectivity index (χ0n) is 20.5. The van der Waals surface area contributed by atoms with Gasteiger partial charge < -0.3 is 19.5 Å². The Morgan fingerprint density at radius 2 is 1.86 bits per heavy atom. The third-order valence-corrected chi connectivity index (χ3v) is 7.37. The molecule has 2 aromatic carbocycles. The highest BCUT2D eigenvalue weighted by Gasteiger charge is 2.26. The van der Waals surface area contributed by atoms with Gasteiger partial charge in [-0.1, -0.05) is 42.5 Å². The van der Waals surface area contributed by atoms with Gasteiger partial charge in [0.1, 0.15) is 5.69 Å². The molecule has 8 nitrogen and oxygen atoms in total. The number of piperidine rings is 1. The van der Waals surface area contributed by atoms with Gasteiger partial charge in [-0.3, -0.25) is 9.48 Å². The number of amides is 1. The number of carbonyl (C=O) groups is 1. The predicted octanol–water partition coefficient (Wildman–Crippen LogP) is 3.42. The Morgan fingerprint density at radius 3 is 2.72 bits per heavy atom. The van der Waals surface area contributed by atoms with Crippen LogP contribution in [0.25, 0.3) is 22.0 Å². The van der Waals surface area contributed by atoms with Crippen molar-refractivity contribution in [3.05, 3.63) is 72.4 Å². The number of rotatable bonds is 6. The second-order valence-corrected chi connectivity index (χ2v) is 9.75. The molecule has 0 unspecified atom stereocenters. The topological polar surface area (TPSA) is 77.2 Å². The standard InChI is InChI=1S/C28H32N6O2/c35-28(32-12-14-36-15-13-32)26-19-34(18-23-16-30-20-33(23)17-21-8-10-29-11-9-21)31-27(26)25-7-3-5-22-4-1-2-6-24(22)25/h1-7,16,19-21,29H,8-15,17-18H2. The summed E-state index contributed by atoms with van der Waals surface area (Å²) in [5.74, 6) is 0.664. The van der Waals surface area contributed by atoms with Crippen molar-refractivity contribution in [2.75, 3.05) is 39.4 Å². The van der Waals surface area contributed by atoms with E-state index in [1.807, 2.05) is 46.5 Å². The van der Waals surface area contributed by atoms with E-state index in [0.717, 1.165) is 47.4 Å². The van der Waals surface area contributed by atoms with Crippen LogP contribution in [0.5, 0.6) is 0 Å². The van der Waals surface area contributed by atoms with Gasteiger partial charge in [-0.2, -0.15) is 5.10 Å². The van der Waals surface area contributed by atoms with Crippen molar-refractivity contribution in [1.82, 2.24) is 29.5 Å². The number of carbonyl (C=O) groups excluding carboxylic acids is 1. The number of morpholine rings is 1. The Hall–Kier alpha value is -3.49. The molecule has 0 radical (unpaired) electrons. The van der Waals surface area contributed by atoms with E-state index in [1.54, 1.807) is 0 Å². The van der Waals surface area contributed by atoms with Crippen LogP contribution in [0.2, 0.25) is 0 Å². The first-order valence-corrected chi connectivity index (χ1v) is 12.9. The van der Waals surface area contributed by atoms with Gasteiger partial charge in [-0.15, -0.1) is 0 Å². The second-order valence-electron chi connectivity index (χ2n) is 9.75. The summed E-state index contributed by atoms with van der Waals surface area (Å²) in [5, 5.41) is 10.7. The van der Waals surface area contributed by atoms with E-state index in [-0.39, 0.29) is 5.91 Å². The van der Waals surface area contributed by atoms with Gasteiger partial charge in [-0.05, 0) is 42.6 Å². The van der Waals surface area contributed by atoms with Crippen LogP contribution in [-0.2, 0) is 17.8 Å². The maximum atomic E-state index is 13.7. The normalized spacial score (nSPS) is 17.1. The number of nitrogens with one attached hydrogen (secondary N) is 1. The molecule has 1 amide bonds. The fraction of sp³-hybridized carbons (Fsp3) is 0.393. The number of hydrogen-bond acceptors (Lipinski definition) is 5. The third-order valence-electron chi connectivity index (χ3n) is 7.37. The molecule has 2 saturated heterocycles. The number of aromatic nitrogens is 4. The SMILES string of the molecule is O=C(c1cn(Cc2cncn2CC2CCNCC2)nc1-c1cccc2ccccc12)N1CCOCC1. The van der Waals surface area contributed by atoms with Crippen molar-refractivity contribution in [2.24, 2.45) is 5.92 Å². The lowest BCUT2D eigenvalue weighted by atomic mass is 9.98. The quantitative estimate of drug-likeness (QED) is 0.454. The Balaban J connectivity index is 1.35. The number of hydrogen-bond donors (Lipinski definition) is 1. The van der Waals surface area contributed by atoms with Gasteiger partial charge in [0.15, 0.2) is 0 Å². The minimum atomic E-state index is 0.00991. The smallest absolute Gasteiger partial charge is 0.257 e. The van der Waals surface area contributed by atoms with Crippen molar-refractivity contribution in [3.8, 4) is 11.3 Å². The molecular weight excluding hydrogens is 452 g/mol. The summed E-state index contributed by atoms with van der Waals surface area (Å²) >= 11 is 0. The Bertz CT molecular complexity index is 1340. The molecule has 8 heteroatoms. The Morgan fingerprint density at radius 1 is 1.06 bits per heavy atom. The van der Waals surface area contributed by atoms with Gasteiger partial charge in [-0.25, -0.2) is 4.98 Å². The largest absolute Gasteiger partial charge is 0.378 e. The predicted molar refractivity (Wildman–Crippen MR) is 139 cm³/mol. The molecule has 4 heterocycles. The zero-order chi connectivity index (χ0) is 24.3. The Labute approximate surface area is 210 Å². The molecule has 186 valence electrons. The minimum Gasteiger partial charge on any atom is -0.378 e. The van der Waals surface area contributed by atoms with Crippen LogP contribution in [0.1, 0.15) is 28.9 Å². The van der Waals surface area contributed by atoms with Crippen molar-refractivity contribution >= 4 is 16.7 Å². The zero-order valence-corrected chi connectivity index (χ0v) is 20.5. The van der Waals surface area contributed by atoms with Gasteiger partial charge in [0.2, 0.25) is 0 Å². The highest BCUT2D eigenvalue weighted by atomic mass is 16.5. The van der Waals surface area contributed by atoms with E-state index in [9.17, 15) is 4.79 Å². The van der Waals surface area contributed by atoms with Crippen LogP contribution in [0, 0.1) is 5.92 Å². The molecule has 0 saturated carbocycles. The number of ether oxygens (including phenoxy) is 1. The molecule has 2 aromatic heterocycles. The number of nitrogens with zero attached hydrogens (tertiary/aromatic N) is 5. The van der Waals surface area contributed by atoms with Crippen LogP contribution < -0.4 is 5.32 Å². The average molecular weight is 485 g/mol. The molecule has 0 aliphatic carbocycles. The molecule has 6 rings (SSSR count). The summed E-state index contributed by atoms with van der Waals surface area (Å²) in [6.07, 6.45) is 8.12. The summed E-state index contributed by atoms with van der Waals surface area (Å²) in [6, 6.07) is 14.5. The first-order chi connectivity index (χ1) is 17.8. The third kappa shape index (κ3) is 4.66. The minimum absolute atomic E-state index is 0.00991. The monoisotopic (exact) mass is 484 g/mol. The highest BCUT2D eigenvalue weighted by Crippen LogP contribution is 2.31. The van der Waals surface area contributed by atoms with E-state index >= 15 is 0 Å². The van der Waals surface area contributed by atoms with Gasteiger partial charge in [0.25, 0.3) is 5.91 Å².